The van der Waals surface area contributed by atoms with Gasteiger partial charge in [0, 0.05) is 25.2 Å². The van der Waals surface area contributed by atoms with E-state index in [-0.39, 0.29) is 0 Å². The molecule has 0 saturated heterocycles. The first-order chi connectivity index (χ1) is 6.75. The van der Waals surface area contributed by atoms with Gasteiger partial charge >= 0.3 is 0 Å². The van der Waals surface area contributed by atoms with Crippen molar-refractivity contribution in [3.8, 4) is 0 Å². The molecule has 1 fully saturated rings. The molecule has 1 aromatic rings. The molecule has 0 aliphatic heterocycles. The van der Waals surface area contributed by atoms with Gasteiger partial charge in [0.2, 0.25) is 0 Å². The monoisotopic (exact) mass is 211 g/mol. The van der Waals surface area contributed by atoms with E-state index in [4.69, 9.17) is 11.6 Å². The fourth-order valence-electron chi connectivity index (χ4n) is 1.78. The highest BCUT2D eigenvalue weighted by molar-refractivity contribution is 6.21. The van der Waals surface area contributed by atoms with Crippen molar-refractivity contribution < 1.29 is 0 Å². The van der Waals surface area contributed by atoms with E-state index in [1.54, 1.807) is 6.20 Å². The van der Waals surface area contributed by atoms with Crippen LogP contribution in [-0.2, 0) is 0 Å². The van der Waals surface area contributed by atoms with E-state index in [0.29, 0.717) is 5.38 Å². The minimum Gasteiger partial charge on any atom is -0.358 e. The van der Waals surface area contributed by atoms with Gasteiger partial charge in [0.1, 0.15) is 0 Å². The van der Waals surface area contributed by atoms with Crippen molar-refractivity contribution in [2.75, 3.05) is 18.5 Å². The van der Waals surface area contributed by atoms with Crippen LogP contribution < -0.4 is 4.90 Å². The first-order valence-corrected chi connectivity index (χ1v) is 5.32. The zero-order chi connectivity index (χ0) is 9.97. The van der Waals surface area contributed by atoms with E-state index in [9.17, 15) is 0 Å². The lowest BCUT2D eigenvalue weighted by Gasteiger charge is -2.34. The summed E-state index contributed by atoms with van der Waals surface area (Å²) in [4.78, 5) is 2.14. The van der Waals surface area contributed by atoms with Gasteiger partial charge in [-0.1, -0.05) is 0 Å². The molecule has 0 radical (unpaired) electrons. The summed E-state index contributed by atoms with van der Waals surface area (Å²) >= 11 is 5.93. The molecule has 0 spiro atoms. The number of alkyl halides is 1. The van der Waals surface area contributed by atoms with Gasteiger partial charge in [0.15, 0.2) is 5.82 Å². The van der Waals surface area contributed by atoms with E-state index in [0.717, 1.165) is 31.1 Å². The molecule has 0 bridgehead atoms. The van der Waals surface area contributed by atoms with Crippen LogP contribution in [0.5, 0.6) is 0 Å². The lowest BCUT2D eigenvalue weighted by atomic mass is 9.84. The van der Waals surface area contributed by atoms with E-state index in [1.165, 1.54) is 0 Å². The summed E-state index contributed by atoms with van der Waals surface area (Å²) in [6.07, 6.45) is 3.95. The lowest BCUT2D eigenvalue weighted by Crippen LogP contribution is -2.35. The van der Waals surface area contributed by atoms with Gasteiger partial charge in [-0.3, -0.25) is 0 Å². The smallest absolute Gasteiger partial charge is 0.150 e. The van der Waals surface area contributed by atoms with Crippen molar-refractivity contribution >= 4 is 17.4 Å². The average molecular weight is 212 g/mol. The molecule has 1 heterocycles. The molecule has 0 N–H and O–H groups in total. The number of halogens is 1. The number of hydrogen-bond donors (Lipinski definition) is 0. The SMILES string of the molecule is CN(CC1CC(Cl)C1)c1cccnn1. The van der Waals surface area contributed by atoms with Crippen molar-refractivity contribution in [2.24, 2.45) is 5.92 Å². The number of aromatic nitrogens is 2. The molecule has 1 aromatic heterocycles. The third-order valence-corrected chi connectivity index (χ3v) is 3.02. The van der Waals surface area contributed by atoms with Gasteiger partial charge in [-0.15, -0.1) is 16.7 Å². The maximum Gasteiger partial charge on any atom is 0.150 e. The van der Waals surface area contributed by atoms with Crippen LogP contribution in [0.15, 0.2) is 18.3 Å². The molecular formula is C10H14ClN3. The first-order valence-electron chi connectivity index (χ1n) is 4.88. The van der Waals surface area contributed by atoms with Gasteiger partial charge in [-0.05, 0) is 30.9 Å². The number of anilines is 1. The summed E-state index contributed by atoms with van der Waals surface area (Å²) < 4.78 is 0. The van der Waals surface area contributed by atoms with E-state index < -0.39 is 0 Å². The Morgan fingerprint density at radius 2 is 2.36 bits per heavy atom. The fraction of sp³-hybridized carbons (Fsp3) is 0.600. The van der Waals surface area contributed by atoms with E-state index in [1.807, 2.05) is 19.2 Å². The Morgan fingerprint density at radius 3 is 2.93 bits per heavy atom. The lowest BCUT2D eigenvalue weighted by molar-refractivity contribution is 0.328. The van der Waals surface area contributed by atoms with Gasteiger partial charge < -0.3 is 4.90 Å². The molecule has 3 nitrogen and oxygen atoms in total. The second kappa shape index (κ2) is 4.13. The summed E-state index contributed by atoms with van der Waals surface area (Å²) in [5.74, 6) is 1.66. The molecule has 4 heteroatoms. The first kappa shape index (κ1) is 9.71. The van der Waals surface area contributed by atoms with Gasteiger partial charge in [0.05, 0.1) is 0 Å². The predicted octanol–water partition coefficient (Wildman–Crippen LogP) is 1.93. The minimum atomic E-state index is 0.398. The molecule has 14 heavy (non-hydrogen) atoms. The average Bonchev–Trinajstić information content (AvgIpc) is 2.17. The van der Waals surface area contributed by atoms with Crippen LogP contribution in [0.25, 0.3) is 0 Å². The van der Waals surface area contributed by atoms with Crippen molar-refractivity contribution in [2.45, 2.75) is 18.2 Å². The van der Waals surface area contributed by atoms with Crippen molar-refractivity contribution in [1.29, 1.82) is 0 Å². The molecule has 0 amide bonds. The maximum absolute atomic E-state index is 5.93. The Kier molecular flexibility index (Phi) is 2.87. The molecule has 0 aromatic carbocycles. The molecule has 2 rings (SSSR count). The number of rotatable bonds is 3. The third kappa shape index (κ3) is 2.15. The zero-order valence-electron chi connectivity index (χ0n) is 8.23. The summed E-state index contributed by atoms with van der Waals surface area (Å²) in [5, 5.41) is 8.30. The topological polar surface area (TPSA) is 29.0 Å². The Balaban J connectivity index is 1.87. The number of hydrogen-bond acceptors (Lipinski definition) is 3. The second-order valence-electron chi connectivity index (χ2n) is 3.90. The Bertz CT molecular complexity index is 285. The summed E-state index contributed by atoms with van der Waals surface area (Å²) in [6.45, 7) is 1.03. The van der Waals surface area contributed by atoms with Crippen molar-refractivity contribution in [1.82, 2.24) is 10.2 Å². The highest BCUT2D eigenvalue weighted by Gasteiger charge is 2.28. The molecular weight excluding hydrogens is 198 g/mol. The molecule has 0 atom stereocenters. The van der Waals surface area contributed by atoms with Crippen LogP contribution in [0.2, 0.25) is 0 Å². The van der Waals surface area contributed by atoms with E-state index in [2.05, 4.69) is 15.1 Å². The normalized spacial score (nSPS) is 25.6. The van der Waals surface area contributed by atoms with Crippen LogP contribution in [0.4, 0.5) is 5.82 Å². The van der Waals surface area contributed by atoms with Crippen molar-refractivity contribution in [3.05, 3.63) is 18.3 Å². The molecule has 1 aliphatic carbocycles. The number of nitrogens with zero attached hydrogens (tertiary/aromatic N) is 3. The minimum absolute atomic E-state index is 0.398. The molecule has 0 unspecified atom stereocenters. The summed E-state index contributed by atoms with van der Waals surface area (Å²) in [5.41, 5.74) is 0. The van der Waals surface area contributed by atoms with Crippen LogP contribution in [0, 0.1) is 5.92 Å². The van der Waals surface area contributed by atoms with Gasteiger partial charge in [-0.25, -0.2) is 0 Å². The van der Waals surface area contributed by atoms with Crippen LogP contribution in [-0.4, -0.2) is 29.2 Å². The van der Waals surface area contributed by atoms with Gasteiger partial charge in [-0.2, -0.15) is 5.10 Å². The van der Waals surface area contributed by atoms with Crippen LogP contribution >= 0.6 is 11.6 Å². The zero-order valence-corrected chi connectivity index (χ0v) is 8.98. The highest BCUT2D eigenvalue weighted by Crippen LogP contribution is 2.32. The van der Waals surface area contributed by atoms with Crippen LogP contribution in [0.1, 0.15) is 12.8 Å². The maximum atomic E-state index is 5.93. The highest BCUT2D eigenvalue weighted by atomic mass is 35.5. The Labute approximate surface area is 89.1 Å². The predicted molar refractivity (Wildman–Crippen MR) is 57.7 cm³/mol. The third-order valence-electron chi connectivity index (χ3n) is 2.66. The molecule has 1 aliphatic rings. The fourth-order valence-corrected chi connectivity index (χ4v) is 2.29. The second-order valence-corrected chi connectivity index (χ2v) is 4.51. The van der Waals surface area contributed by atoms with Gasteiger partial charge in [0.25, 0.3) is 0 Å². The largest absolute Gasteiger partial charge is 0.358 e. The Hall–Kier alpha value is -0.830. The summed E-state index contributed by atoms with van der Waals surface area (Å²) in [7, 11) is 2.05. The summed E-state index contributed by atoms with van der Waals surface area (Å²) in [6, 6.07) is 3.88. The molecule has 1 saturated carbocycles. The Morgan fingerprint density at radius 1 is 1.57 bits per heavy atom. The molecule has 76 valence electrons. The standard InChI is InChI=1S/C10H14ClN3/c1-14(7-8-5-9(11)6-8)10-3-2-4-12-13-10/h2-4,8-9H,5-7H2,1H3. The van der Waals surface area contributed by atoms with Crippen molar-refractivity contribution in [3.63, 3.8) is 0 Å². The van der Waals surface area contributed by atoms with Crippen LogP contribution in [0.3, 0.4) is 0 Å². The van der Waals surface area contributed by atoms with E-state index >= 15 is 0 Å². The quantitative estimate of drug-likeness (QED) is 0.716.